The van der Waals surface area contributed by atoms with Crippen LogP contribution in [0.4, 0.5) is 0 Å². The minimum Gasteiger partial charge on any atom is -0.481 e. The van der Waals surface area contributed by atoms with Gasteiger partial charge in [-0.25, -0.2) is 0 Å². The molecule has 1 aromatic rings. The van der Waals surface area contributed by atoms with Gasteiger partial charge >= 0.3 is 5.97 Å². The fourth-order valence-corrected chi connectivity index (χ4v) is 9.84. The van der Waals surface area contributed by atoms with Crippen molar-refractivity contribution < 1.29 is 27.6 Å². The molecule has 0 amide bonds. The molecule has 0 aromatic heterocycles. The number of hydrogen-bond donors (Lipinski definition) is 2. The van der Waals surface area contributed by atoms with E-state index in [1.165, 1.54) is 0 Å². The molecule has 0 saturated heterocycles. The zero-order valence-corrected chi connectivity index (χ0v) is 21.3. The maximum Gasteiger partial charge on any atom is 0.309 e. The number of aliphatic carboxylic acids is 1. The molecule has 0 unspecified atom stereocenters. The van der Waals surface area contributed by atoms with E-state index < -0.39 is 27.6 Å². The molecular formula is C27H38O6S. The molecule has 34 heavy (non-hydrogen) atoms. The number of carboxylic acids is 1. The second-order valence-corrected chi connectivity index (χ2v) is 13.8. The summed E-state index contributed by atoms with van der Waals surface area (Å²) in [7, 11) is -3.88. The molecule has 5 saturated carbocycles. The van der Waals surface area contributed by atoms with Crippen LogP contribution in [0.5, 0.6) is 0 Å². The van der Waals surface area contributed by atoms with Crippen LogP contribution in [0, 0.1) is 46.8 Å². The number of benzene rings is 1. The van der Waals surface area contributed by atoms with Gasteiger partial charge in [-0.15, -0.1) is 0 Å². The van der Waals surface area contributed by atoms with E-state index in [9.17, 15) is 23.4 Å². The van der Waals surface area contributed by atoms with Gasteiger partial charge in [0.2, 0.25) is 0 Å². The summed E-state index contributed by atoms with van der Waals surface area (Å²) in [5, 5.41) is 21.8. The molecule has 0 heterocycles. The standard InChI is InChI=1S/C27H38O6S/c1-17-5-7-19(8-6-17)34(31,32)33-16-20-18-9-13-27(23(20)28)14-10-21-25(2,22(27)15-18)11-4-12-26(21,3)24(29)30/h5-8,18,20-23,28H,4,9-16H2,1-3H3,(H,29,30)/t18-,20-,21-,22-,23+,25+,26+,27-/m0/s1. The largest absolute Gasteiger partial charge is 0.481 e. The van der Waals surface area contributed by atoms with Crippen molar-refractivity contribution in [1.82, 2.24) is 0 Å². The van der Waals surface area contributed by atoms with E-state index >= 15 is 0 Å². The van der Waals surface area contributed by atoms with Crippen molar-refractivity contribution >= 4 is 16.1 Å². The summed E-state index contributed by atoms with van der Waals surface area (Å²) in [6.45, 7) is 6.12. The summed E-state index contributed by atoms with van der Waals surface area (Å²) >= 11 is 0. The predicted molar refractivity (Wildman–Crippen MR) is 128 cm³/mol. The summed E-state index contributed by atoms with van der Waals surface area (Å²) in [6.07, 6.45) is 6.50. The molecule has 5 aliphatic rings. The van der Waals surface area contributed by atoms with Crippen LogP contribution in [0.25, 0.3) is 0 Å². The van der Waals surface area contributed by atoms with E-state index in [1.54, 1.807) is 24.3 Å². The third-order valence-corrected chi connectivity index (χ3v) is 12.0. The lowest BCUT2D eigenvalue weighted by molar-refractivity contribution is -0.247. The van der Waals surface area contributed by atoms with Crippen molar-refractivity contribution in [3.63, 3.8) is 0 Å². The Bertz CT molecular complexity index is 1070. The third-order valence-electron chi connectivity index (χ3n) is 10.7. The van der Waals surface area contributed by atoms with Crippen molar-refractivity contribution in [3.8, 4) is 0 Å². The summed E-state index contributed by atoms with van der Waals surface area (Å²) in [5.74, 6) is -0.307. The minimum atomic E-state index is -3.88. The molecule has 188 valence electrons. The Balaban J connectivity index is 1.38. The summed E-state index contributed by atoms with van der Waals surface area (Å²) in [4.78, 5) is 12.4. The van der Waals surface area contributed by atoms with Gasteiger partial charge in [0.1, 0.15) is 0 Å². The highest BCUT2D eigenvalue weighted by Crippen LogP contribution is 2.72. The number of carbonyl (C=O) groups is 1. The van der Waals surface area contributed by atoms with Crippen LogP contribution < -0.4 is 0 Å². The van der Waals surface area contributed by atoms with Gasteiger partial charge in [-0.05, 0) is 94.1 Å². The Hall–Kier alpha value is -1.44. The first-order valence-electron chi connectivity index (χ1n) is 12.8. The van der Waals surface area contributed by atoms with Crippen LogP contribution in [0.2, 0.25) is 0 Å². The van der Waals surface area contributed by atoms with Gasteiger partial charge < -0.3 is 10.2 Å². The first-order valence-corrected chi connectivity index (χ1v) is 14.2. The van der Waals surface area contributed by atoms with Crippen LogP contribution in [0.1, 0.15) is 70.8 Å². The van der Waals surface area contributed by atoms with Gasteiger partial charge in [-0.3, -0.25) is 8.98 Å². The highest BCUT2D eigenvalue weighted by molar-refractivity contribution is 7.86. The first kappa shape index (κ1) is 24.3. The second kappa shape index (κ2) is 8.04. The molecule has 2 bridgehead atoms. The van der Waals surface area contributed by atoms with Gasteiger partial charge in [-0.2, -0.15) is 8.42 Å². The third kappa shape index (κ3) is 3.40. The number of aliphatic hydroxyl groups excluding tert-OH is 1. The lowest BCUT2D eigenvalue weighted by Crippen LogP contribution is -2.67. The fraction of sp³-hybridized carbons (Fsp3) is 0.741. The van der Waals surface area contributed by atoms with E-state index in [2.05, 4.69) is 6.92 Å². The van der Waals surface area contributed by atoms with E-state index in [0.29, 0.717) is 0 Å². The van der Waals surface area contributed by atoms with Crippen molar-refractivity contribution in [1.29, 1.82) is 0 Å². The highest BCUT2D eigenvalue weighted by Gasteiger charge is 2.68. The Labute approximate surface area is 203 Å². The SMILES string of the molecule is Cc1ccc(S(=O)(=O)OC[C@H]2[C@H]3CC[C@@]4(CC[C@H]5[C@@](C)(CCC[C@@]5(C)C(=O)O)[C@@H]4C3)[C@@H]2O)cc1. The lowest BCUT2D eigenvalue weighted by atomic mass is 9.35. The average molecular weight is 491 g/mol. The molecule has 5 aliphatic carbocycles. The van der Waals surface area contributed by atoms with E-state index in [0.717, 1.165) is 56.9 Å². The number of fused-ring (bicyclic) bond motifs is 3. The van der Waals surface area contributed by atoms with Crippen molar-refractivity contribution in [2.24, 2.45) is 39.9 Å². The quantitative estimate of drug-likeness (QED) is 0.576. The topological polar surface area (TPSA) is 101 Å². The summed E-state index contributed by atoms with van der Waals surface area (Å²) < 4.78 is 31.1. The Kier molecular flexibility index (Phi) is 5.74. The number of aryl methyl sites for hydroxylation is 1. The van der Waals surface area contributed by atoms with E-state index in [4.69, 9.17) is 4.18 Å². The van der Waals surface area contributed by atoms with E-state index in [-0.39, 0.29) is 46.0 Å². The molecule has 8 atom stereocenters. The van der Waals surface area contributed by atoms with Crippen LogP contribution in [-0.2, 0) is 19.1 Å². The molecule has 6 nitrogen and oxygen atoms in total. The minimum absolute atomic E-state index is 0.00347. The smallest absolute Gasteiger partial charge is 0.309 e. The van der Waals surface area contributed by atoms with Gasteiger partial charge in [-0.1, -0.05) is 31.0 Å². The van der Waals surface area contributed by atoms with Gasteiger partial charge in [0.05, 0.1) is 23.0 Å². The zero-order valence-electron chi connectivity index (χ0n) is 20.5. The molecule has 0 radical (unpaired) electrons. The number of hydrogen-bond acceptors (Lipinski definition) is 5. The molecule has 7 heteroatoms. The second-order valence-electron chi connectivity index (χ2n) is 12.2. The molecule has 0 aliphatic heterocycles. The zero-order chi connectivity index (χ0) is 24.5. The van der Waals surface area contributed by atoms with Crippen molar-refractivity contribution in [2.75, 3.05) is 6.61 Å². The molecule has 5 fully saturated rings. The predicted octanol–water partition coefficient (Wildman–Crippen LogP) is 4.78. The fourth-order valence-electron chi connectivity index (χ4n) is 8.90. The van der Waals surface area contributed by atoms with Crippen molar-refractivity contribution in [3.05, 3.63) is 29.8 Å². The summed E-state index contributed by atoms with van der Waals surface area (Å²) in [6, 6.07) is 6.64. The molecule has 2 N–H and O–H groups in total. The normalized spacial score (nSPS) is 43.7. The Morgan fingerprint density at radius 2 is 1.74 bits per heavy atom. The van der Waals surface area contributed by atoms with E-state index in [1.807, 2.05) is 13.8 Å². The number of carboxylic acid groups (broad SMARTS) is 1. The van der Waals surface area contributed by atoms with Gasteiger partial charge in [0.15, 0.2) is 0 Å². The molecule has 6 rings (SSSR count). The lowest BCUT2D eigenvalue weighted by Gasteiger charge is -2.69. The molecular weight excluding hydrogens is 452 g/mol. The van der Waals surface area contributed by atoms with Crippen LogP contribution in [-0.4, -0.2) is 37.3 Å². The molecule has 1 spiro atoms. The first-order chi connectivity index (χ1) is 15.9. The number of aliphatic hydroxyl groups is 1. The monoisotopic (exact) mass is 490 g/mol. The van der Waals surface area contributed by atoms with Crippen molar-refractivity contribution in [2.45, 2.75) is 83.1 Å². The molecule has 1 aromatic carbocycles. The van der Waals surface area contributed by atoms with Crippen LogP contribution in [0.15, 0.2) is 29.2 Å². The van der Waals surface area contributed by atoms with Gasteiger partial charge in [0, 0.05) is 11.3 Å². The summed E-state index contributed by atoms with van der Waals surface area (Å²) in [5.41, 5.74) is -0.0996. The maximum absolute atomic E-state index is 12.8. The Morgan fingerprint density at radius 1 is 1.06 bits per heavy atom. The highest BCUT2D eigenvalue weighted by atomic mass is 32.2. The Morgan fingerprint density at radius 3 is 2.41 bits per heavy atom. The average Bonchev–Trinajstić information content (AvgIpc) is 2.79. The van der Waals surface area contributed by atoms with Crippen LogP contribution in [0.3, 0.4) is 0 Å². The maximum atomic E-state index is 12.8. The van der Waals surface area contributed by atoms with Crippen LogP contribution >= 0.6 is 0 Å². The van der Waals surface area contributed by atoms with Gasteiger partial charge in [0.25, 0.3) is 10.1 Å². The number of rotatable bonds is 5.